The van der Waals surface area contributed by atoms with E-state index in [1.54, 1.807) is 30.5 Å². The zero-order valence-electron chi connectivity index (χ0n) is 16.2. The van der Waals surface area contributed by atoms with Crippen molar-refractivity contribution >= 4 is 28.7 Å². The Morgan fingerprint density at radius 1 is 1.03 bits per heavy atom. The van der Waals surface area contributed by atoms with Crippen molar-refractivity contribution in [1.82, 2.24) is 9.99 Å². The van der Waals surface area contributed by atoms with E-state index < -0.39 is 0 Å². The maximum absolute atomic E-state index is 12.3. The molecule has 0 aliphatic carbocycles. The van der Waals surface area contributed by atoms with Crippen molar-refractivity contribution in [3.8, 4) is 0 Å². The minimum absolute atomic E-state index is 0.331. The molecule has 0 saturated heterocycles. The Balaban J connectivity index is 1.59. The lowest BCUT2D eigenvalue weighted by atomic mass is 10.1. The predicted molar refractivity (Wildman–Crippen MR) is 118 cm³/mol. The summed E-state index contributed by atoms with van der Waals surface area (Å²) in [6.45, 7) is 2.89. The van der Waals surface area contributed by atoms with Crippen molar-refractivity contribution in [3.63, 3.8) is 0 Å². The average molecular weight is 382 g/mol. The molecule has 0 saturated carbocycles. The van der Waals surface area contributed by atoms with Crippen LogP contribution in [-0.4, -0.2) is 16.7 Å². The molecular weight excluding hydrogens is 360 g/mol. The molecule has 0 unspecified atom stereocenters. The van der Waals surface area contributed by atoms with Gasteiger partial charge in [-0.3, -0.25) is 4.79 Å². The molecule has 3 aromatic carbocycles. The second kappa shape index (κ2) is 8.02. The van der Waals surface area contributed by atoms with Crippen molar-refractivity contribution in [2.24, 2.45) is 5.10 Å². The highest BCUT2D eigenvalue weighted by Crippen LogP contribution is 2.22. The van der Waals surface area contributed by atoms with E-state index in [0.29, 0.717) is 11.3 Å². The molecule has 0 atom stereocenters. The van der Waals surface area contributed by atoms with Gasteiger partial charge >= 0.3 is 0 Å². The third kappa shape index (κ3) is 3.89. The van der Waals surface area contributed by atoms with E-state index in [2.05, 4.69) is 58.5 Å². The van der Waals surface area contributed by atoms with Gasteiger partial charge in [-0.15, -0.1) is 0 Å². The third-order valence-electron chi connectivity index (χ3n) is 5.00. The van der Waals surface area contributed by atoms with E-state index in [4.69, 9.17) is 5.73 Å². The van der Waals surface area contributed by atoms with Crippen LogP contribution in [0.25, 0.3) is 10.9 Å². The zero-order valence-corrected chi connectivity index (χ0v) is 16.2. The topological polar surface area (TPSA) is 72.4 Å². The molecule has 5 nitrogen and oxygen atoms in total. The van der Waals surface area contributed by atoms with Crippen molar-refractivity contribution in [3.05, 3.63) is 101 Å². The Hall–Kier alpha value is -3.86. The molecule has 0 bridgehead atoms. The van der Waals surface area contributed by atoms with Gasteiger partial charge in [-0.05, 0) is 36.2 Å². The fourth-order valence-electron chi connectivity index (χ4n) is 3.40. The highest BCUT2D eigenvalue weighted by molar-refractivity contribution is 6.02. The standard InChI is InChI=1S/C24H22N4O/c1-17-8-2-3-9-18(17)15-28-16-19(20-10-5-7-13-23(20)28)14-26-27-24(29)21-11-4-6-12-22(21)25/h2-14,16H,15,25H2,1H3,(H,27,29)/b26-14-. The number of rotatable bonds is 5. The van der Waals surface area contributed by atoms with E-state index in [1.807, 2.05) is 18.2 Å². The Labute approximate surface area is 169 Å². The van der Waals surface area contributed by atoms with E-state index in [9.17, 15) is 4.79 Å². The molecule has 0 aliphatic rings. The molecule has 0 radical (unpaired) electrons. The number of carbonyl (C=O) groups is 1. The number of aryl methyl sites for hydroxylation is 1. The van der Waals surface area contributed by atoms with Gasteiger partial charge in [-0.1, -0.05) is 54.6 Å². The van der Waals surface area contributed by atoms with Gasteiger partial charge in [0.25, 0.3) is 5.91 Å². The number of benzene rings is 3. The zero-order chi connectivity index (χ0) is 20.2. The summed E-state index contributed by atoms with van der Waals surface area (Å²) in [5.41, 5.74) is 13.8. The lowest BCUT2D eigenvalue weighted by Crippen LogP contribution is -2.18. The number of hydrogen-bond acceptors (Lipinski definition) is 3. The number of hydrogen-bond donors (Lipinski definition) is 2. The number of carbonyl (C=O) groups excluding carboxylic acids is 1. The molecule has 0 spiro atoms. The first-order valence-corrected chi connectivity index (χ1v) is 9.44. The number of aromatic nitrogens is 1. The summed E-state index contributed by atoms with van der Waals surface area (Å²) in [7, 11) is 0. The number of fused-ring (bicyclic) bond motifs is 1. The third-order valence-corrected chi connectivity index (χ3v) is 5.00. The van der Waals surface area contributed by atoms with Crippen LogP contribution in [0.3, 0.4) is 0 Å². The summed E-state index contributed by atoms with van der Waals surface area (Å²) in [5, 5.41) is 5.24. The lowest BCUT2D eigenvalue weighted by molar-refractivity contribution is 0.0956. The van der Waals surface area contributed by atoms with Crippen molar-refractivity contribution in [2.45, 2.75) is 13.5 Å². The Morgan fingerprint density at radius 2 is 1.76 bits per heavy atom. The normalized spacial score (nSPS) is 11.2. The molecule has 29 heavy (non-hydrogen) atoms. The van der Waals surface area contributed by atoms with Crippen molar-refractivity contribution < 1.29 is 4.79 Å². The van der Waals surface area contributed by atoms with Gasteiger partial charge in [0.2, 0.25) is 0 Å². The van der Waals surface area contributed by atoms with Crippen LogP contribution in [0.1, 0.15) is 27.0 Å². The summed E-state index contributed by atoms with van der Waals surface area (Å²) < 4.78 is 2.20. The molecule has 4 rings (SSSR count). The van der Waals surface area contributed by atoms with Gasteiger partial charge in [0.15, 0.2) is 0 Å². The fraction of sp³-hybridized carbons (Fsp3) is 0.0833. The number of nitrogens with one attached hydrogen (secondary N) is 1. The minimum atomic E-state index is -0.331. The minimum Gasteiger partial charge on any atom is -0.398 e. The first-order chi connectivity index (χ1) is 14.1. The molecule has 1 aromatic heterocycles. The molecule has 144 valence electrons. The van der Waals surface area contributed by atoms with E-state index in [0.717, 1.165) is 23.0 Å². The van der Waals surface area contributed by atoms with E-state index in [-0.39, 0.29) is 5.91 Å². The molecule has 5 heteroatoms. The monoisotopic (exact) mass is 382 g/mol. The lowest BCUT2D eigenvalue weighted by Gasteiger charge is -2.08. The number of nitrogen functional groups attached to an aromatic ring is 1. The highest BCUT2D eigenvalue weighted by atomic mass is 16.2. The number of hydrazone groups is 1. The van der Waals surface area contributed by atoms with Crippen molar-refractivity contribution in [1.29, 1.82) is 0 Å². The Kier molecular flexibility index (Phi) is 5.12. The molecule has 0 aliphatic heterocycles. The molecule has 1 amide bonds. The number of para-hydroxylation sites is 2. The molecule has 1 heterocycles. The van der Waals surface area contributed by atoms with E-state index >= 15 is 0 Å². The quantitative estimate of drug-likeness (QED) is 0.306. The average Bonchev–Trinajstić information content (AvgIpc) is 3.08. The van der Waals surface area contributed by atoms with Gasteiger partial charge in [0.1, 0.15) is 0 Å². The Morgan fingerprint density at radius 3 is 2.59 bits per heavy atom. The number of nitrogens with two attached hydrogens (primary N) is 1. The van der Waals surface area contributed by atoms with Gasteiger partial charge < -0.3 is 10.3 Å². The van der Waals surface area contributed by atoms with Gasteiger partial charge in [0, 0.05) is 34.9 Å². The van der Waals surface area contributed by atoms with Crippen LogP contribution in [0.4, 0.5) is 5.69 Å². The number of anilines is 1. The van der Waals surface area contributed by atoms with Crippen LogP contribution in [0.5, 0.6) is 0 Å². The summed E-state index contributed by atoms with van der Waals surface area (Å²) in [6.07, 6.45) is 3.73. The van der Waals surface area contributed by atoms with Crippen LogP contribution in [0, 0.1) is 6.92 Å². The second-order valence-corrected chi connectivity index (χ2v) is 6.94. The maximum Gasteiger partial charge on any atom is 0.273 e. The molecule has 3 N–H and O–H groups in total. The number of nitrogens with zero attached hydrogens (tertiary/aromatic N) is 2. The van der Waals surface area contributed by atoms with Crippen LogP contribution < -0.4 is 11.2 Å². The van der Waals surface area contributed by atoms with Crippen LogP contribution >= 0.6 is 0 Å². The van der Waals surface area contributed by atoms with Crippen molar-refractivity contribution in [2.75, 3.05) is 5.73 Å². The molecular formula is C24H22N4O. The summed E-state index contributed by atoms with van der Waals surface area (Å²) in [6, 6.07) is 23.5. The smallest absolute Gasteiger partial charge is 0.273 e. The largest absolute Gasteiger partial charge is 0.398 e. The van der Waals surface area contributed by atoms with Crippen LogP contribution in [0.2, 0.25) is 0 Å². The highest BCUT2D eigenvalue weighted by Gasteiger charge is 2.09. The first kappa shape index (κ1) is 18.5. The van der Waals surface area contributed by atoms with Crippen LogP contribution in [0.15, 0.2) is 84.1 Å². The van der Waals surface area contributed by atoms with Gasteiger partial charge in [-0.25, -0.2) is 5.43 Å². The molecule has 0 fully saturated rings. The van der Waals surface area contributed by atoms with Gasteiger partial charge in [0.05, 0.1) is 11.8 Å². The number of amides is 1. The van der Waals surface area contributed by atoms with Crippen LogP contribution in [-0.2, 0) is 6.54 Å². The summed E-state index contributed by atoms with van der Waals surface area (Å²) in [5.74, 6) is -0.331. The SMILES string of the molecule is Cc1ccccc1Cn1cc(/C=N\NC(=O)c2ccccc2N)c2ccccc21. The first-order valence-electron chi connectivity index (χ1n) is 9.44. The van der Waals surface area contributed by atoms with E-state index in [1.165, 1.54) is 11.1 Å². The maximum atomic E-state index is 12.3. The predicted octanol–water partition coefficient (Wildman–Crippen LogP) is 4.34. The Bertz CT molecular complexity index is 1210. The summed E-state index contributed by atoms with van der Waals surface area (Å²) in [4.78, 5) is 12.3. The molecule has 4 aromatic rings. The second-order valence-electron chi connectivity index (χ2n) is 6.94. The van der Waals surface area contributed by atoms with Gasteiger partial charge in [-0.2, -0.15) is 5.10 Å². The fourth-order valence-corrected chi connectivity index (χ4v) is 3.40. The summed E-state index contributed by atoms with van der Waals surface area (Å²) >= 11 is 0.